The topological polar surface area (TPSA) is 104 Å². The molecular weight excluding hydrogens is 435 g/mol. The standard InChI is InChI=1S/C21H19FN6O3S/c22-15-3-5-16(6-4-15)28-14-23-12-18(28)21(29)26-8-10-27(11-9-26)32(30,31)19-13-25-20-17(19)2-1-7-24-20/h1-7,12-14H,8-11H2,(H,24,25). The van der Waals surface area contributed by atoms with E-state index in [1.165, 1.54) is 35.2 Å². The zero-order valence-corrected chi connectivity index (χ0v) is 17.7. The highest BCUT2D eigenvalue weighted by atomic mass is 32.2. The molecule has 0 unspecified atom stereocenters. The van der Waals surface area contributed by atoms with Crippen molar-refractivity contribution in [2.45, 2.75) is 4.90 Å². The monoisotopic (exact) mass is 454 g/mol. The molecule has 4 heterocycles. The number of sulfonamides is 1. The van der Waals surface area contributed by atoms with Gasteiger partial charge in [-0.1, -0.05) is 0 Å². The van der Waals surface area contributed by atoms with E-state index in [9.17, 15) is 17.6 Å². The SMILES string of the molecule is O=C(c1cncn1-c1ccc(F)cc1)N1CCN(S(=O)(=O)c2c[nH]c3ncccc23)CC1. The highest BCUT2D eigenvalue weighted by Crippen LogP contribution is 2.25. The number of H-pyrrole nitrogens is 1. The lowest BCUT2D eigenvalue weighted by Gasteiger charge is -2.33. The third kappa shape index (κ3) is 3.45. The second kappa shape index (κ2) is 7.84. The van der Waals surface area contributed by atoms with Crippen molar-refractivity contribution in [3.05, 3.63) is 72.8 Å². The Kier molecular flexibility index (Phi) is 4.98. The average Bonchev–Trinajstić information content (AvgIpc) is 3.47. The van der Waals surface area contributed by atoms with E-state index < -0.39 is 10.0 Å². The Morgan fingerprint density at radius 1 is 1.06 bits per heavy atom. The number of carbonyl (C=O) groups excluding carboxylic acids is 1. The average molecular weight is 454 g/mol. The number of aromatic nitrogens is 4. The van der Waals surface area contributed by atoms with Crippen LogP contribution in [0.3, 0.4) is 0 Å². The lowest BCUT2D eigenvalue weighted by atomic mass is 10.2. The molecule has 1 aromatic carbocycles. The zero-order chi connectivity index (χ0) is 22.3. The van der Waals surface area contributed by atoms with Crippen LogP contribution < -0.4 is 0 Å². The molecule has 1 aliphatic heterocycles. The van der Waals surface area contributed by atoms with Crippen LogP contribution in [0.25, 0.3) is 16.7 Å². The summed E-state index contributed by atoms with van der Waals surface area (Å²) in [5.74, 6) is -0.634. The summed E-state index contributed by atoms with van der Waals surface area (Å²) in [7, 11) is -3.73. The molecule has 0 aliphatic carbocycles. The third-order valence-electron chi connectivity index (χ3n) is 5.52. The molecule has 0 spiro atoms. The molecule has 0 atom stereocenters. The number of amides is 1. The lowest BCUT2D eigenvalue weighted by molar-refractivity contribution is 0.0690. The minimum atomic E-state index is -3.73. The van der Waals surface area contributed by atoms with E-state index in [2.05, 4.69) is 15.0 Å². The van der Waals surface area contributed by atoms with E-state index in [0.29, 0.717) is 22.4 Å². The molecule has 4 aromatic rings. The minimum absolute atomic E-state index is 0.172. The second-order valence-electron chi connectivity index (χ2n) is 7.37. The number of rotatable bonds is 4. The first kappa shape index (κ1) is 20.3. The molecule has 3 aromatic heterocycles. The van der Waals surface area contributed by atoms with Gasteiger partial charge in [0.1, 0.15) is 22.1 Å². The summed E-state index contributed by atoms with van der Waals surface area (Å²) in [5, 5.41) is 0.536. The first-order chi connectivity index (χ1) is 15.4. The Hall–Kier alpha value is -3.57. The largest absolute Gasteiger partial charge is 0.345 e. The molecule has 1 fully saturated rings. The van der Waals surface area contributed by atoms with Gasteiger partial charge in [-0.2, -0.15) is 4.31 Å². The normalized spacial score (nSPS) is 15.3. The molecule has 1 N–H and O–H groups in total. The Morgan fingerprint density at radius 3 is 2.56 bits per heavy atom. The predicted octanol–water partition coefficient (Wildman–Crippen LogP) is 2.03. The third-order valence-corrected chi connectivity index (χ3v) is 7.46. The number of aromatic amines is 1. The van der Waals surface area contributed by atoms with Crippen LogP contribution in [0.5, 0.6) is 0 Å². The number of nitrogens with one attached hydrogen (secondary N) is 1. The van der Waals surface area contributed by atoms with Gasteiger partial charge in [0, 0.05) is 49.6 Å². The Balaban J connectivity index is 1.33. The van der Waals surface area contributed by atoms with Crippen LogP contribution in [0.1, 0.15) is 10.5 Å². The predicted molar refractivity (Wildman–Crippen MR) is 114 cm³/mol. The molecule has 0 radical (unpaired) electrons. The van der Waals surface area contributed by atoms with E-state index in [-0.39, 0.29) is 42.8 Å². The number of piperazine rings is 1. The maximum absolute atomic E-state index is 13.2. The van der Waals surface area contributed by atoms with E-state index in [4.69, 9.17) is 0 Å². The molecule has 11 heteroatoms. The summed E-state index contributed by atoms with van der Waals surface area (Å²) < 4.78 is 42.5. The molecule has 0 bridgehead atoms. The Bertz CT molecular complexity index is 1390. The van der Waals surface area contributed by atoms with Crippen LogP contribution in [0, 0.1) is 5.82 Å². The van der Waals surface area contributed by atoms with E-state index in [1.807, 2.05) is 0 Å². The summed E-state index contributed by atoms with van der Waals surface area (Å²) in [6, 6.07) is 9.15. The van der Waals surface area contributed by atoms with Crippen LogP contribution >= 0.6 is 0 Å². The van der Waals surface area contributed by atoms with E-state index >= 15 is 0 Å². The van der Waals surface area contributed by atoms with Crippen molar-refractivity contribution in [2.24, 2.45) is 0 Å². The number of pyridine rings is 1. The maximum atomic E-state index is 13.2. The second-order valence-corrected chi connectivity index (χ2v) is 9.28. The summed E-state index contributed by atoms with van der Waals surface area (Å²) in [6.07, 6.45) is 5.99. The summed E-state index contributed by atoms with van der Waals surface area (Å²) >= 11 is 0. The van der Waals surface area contributed by atoms with Crippen molar-refractivity contribution in [3.8, 4) is 5.69 Å². The summed E-state index contributed by atoms with van der Waals surface area (Å²) in [5.41, 5.74) is 1.45. The number of halogens is 1. The van der Waals surface area contributed by atoms with Gasteiger partial charge in [0.25, 0.3) is 5.91 Å². The van der Waals surface area contributed by atoms with E-state index in [0.717, 1.165) is 0 Å². The number of nitrogens with zero attached hydrogens (tertiary/aromatic N) is 5. The quantitative estimate of drug-likeness (QED) is 0.508. The maximum Gasteiger partial charge on any atom is 0.272 e. The van der Waals surface area contributed by atoms with Gasteiger partial charge in [-0.25, -0.2) is 22.8 Å². The van der Waals surface area contributed by atoms with Crippen LogP contribution in [0.4, 0.5) is 4.39 Å². The number of imidazole rings is 1. The fourth-order valence-corrected chi connectivity index (χ4v) is 5.41. The molecule has 9 nitrogen and oxygen atoms in total. The van der Waals surface area contributed by atoms with Crippen molar-refractivity contribution in [1.82, 2.24) is 28.7 Å². The molecule has 1 amide bonds. The highest BCUT2D eigenvalue weighted by Gasteiger charge is 2.33. The summed E-state index contributed by atoms with van der Waals surface area (Å²) in [4.78, 5) is 26.0. The molecular formula is C21H19FN6O3S. The molecule has 32 heavy (non-hydrogen) atoms. The number of fused-ring (bicyclic) bond motifs is 1. The van der Waals surface area contributed by atoms with Crippen LogP contribution in [-0.4, -0.2) is 69.2 Å². The van der Waals surface area contributed by atoms with Crippen LogP contribution in [0.2, 0.25) is 0 Å². The smallest absolute Gasteiger partial charge is 0.272 e. The van der Waals surface area contributed by atoms with Crippen molar-refractivity contribution < 1.29 is 17.6 Å². The molecule has 5 rings (SSSR count). The Labute approximate surface area is 183 Å². The fraction of sp³-hybridized carbons (Fsp3) is 0.190. The summed E-state index contributed by atoms with van der Waals surface area (Å²) in [6.45, 7) is 0.831. The first-order valence-corrected chi connectivity index (χ1v) is 11.4. The molecule has 0 saturated carbocycles. The van der Waals surface area contributed by atoms with Gasteiger partial charge in [0.15, 0.2) is 0 Å². The number of hydrogen-bond acceptors (Lipinski definition) is 5. The van der Waals surface area contributed by atoms with Crippen molar-refractivity contribution >= 4 is 27.0 Å². The number of benzene rings is 1. The van der Waals surface area contributed by atoms with Crippen LogP contribution in [-0.2, 0) is 10.0 Å². The van der Waals surface area contributed by atoms with Gasteiger partial charge in [-0.05, 0) is 36.4 Å². The number of carbonyl (C=O) groups is 1. The van der Waals surface area contributed by atoms with Gasteiger partial charge < -0.3 is 9.88 Å². The first-order valence-electron chi connectivity index (χ1n) is 9.95. The molecule has 164 valence electrons. The highest BCUT2D eigenvalue weighted by molar-refractivity contribution is 7.89. The van der Waals surface area contributed by atoms with Crippen LogP contribution in [0.15, 0.2) is 66.2 Å². The van der Waals surface area contributed by atoms with Crippen molar-refractivity contribution in [3.63, 3.8) is 0 Å². The fourth-order valence-electron chi connectivity index (χ4n) is 3.84. The van der Waals surface area contributed by atoms with Crippen molar-refractivity contribution in [1.29, 1.82) is 0 Å². The molecule has 1 saturated heterocycles. The van der Waals surface area contributed by atoms with E-state index in [1.54, 1.807) is 39.9 Å². The van der Waals surface area contributed by atoms with Gasteiger partial charge in [-0.15, -0.1) is 0 Å². The van der Waals surface area contributed by atoms with Gasteiger partial charge in [0.05, 0.1) is 12.5 Å². The van der Waals surface area contributed by atoms with Gasteiger partial charge in [0.2, 0.25) is 10.0 Å². The van der Waals surface area contributed by atoms with Crippen molar-refractivity contribution in [2.75, 3.05) is 26.2 Å². The lowest BCUT2D eigenvalue weighted by Crippen LogP contribution is -2.50. The minimum Gasteiger partial charge on any atom is -0.345 e. The van der Waals surface area contributed by atoms with Gasteiger partial charge >= 0.3 is 0 Å². The van der Waals surface area contributed by atoms with Gasteiger partial charge in [-0.3, -0.25) is 9.36 Å². The Morgan fingerprint density at radius 2 is 1.81 bits per heavy atom. The number of hydrogen-bond donors (Lipinski definition) is 1. The molecule has 1 aliphatic rings. The zero-order valence-electron chi connectivity index (χ0n) is 16.8.